The zero-order valence-electron chi connectivity index (χ0n) is 8.30. The van der Waals surface area contributed by atoms with Crippen LogP contribution in [-0.2, 0) is 23.0 Å². The first-order valence-electron chi connectivity index (χ1n) is 4.64. The highest BCUT2D eigenvalue weighted by Gasteiger charge is 2.08. The number of hydrogen-bond donors (Lipinski definition) is 0. The molecule has 2 aromatic heterocycles. The highest BCUT2D eigenvalue weighted by molar-refractivity contribution is 7.86. The van der Waals surface area contributed by atoms with Gasteiger partial charge < -0.3 is 0 Å². The van der Waals surface area contributed by atoms with Gasteiger partial charge in [0.05, 0.1) is 31.5 Å². The summed E-state index contributed by atoms with van der Waals surface area (Å²) in [6, 6.07) is 3.84. The predicted octanol–water partition coefficient (Wildman–Crippen LogP) is 3.07. The van der Waals surface area contributed by atoms with Gasteiger partial charge >= 0.3 is 0 Å². The van der Waals surface area contributed by atoms with Gasteiger partial charge in [0, 0.05) is 5.38 Å². The van der Waals surface area contributed by atoms with Gasteiger partial charge in [-0.3, -0.25) is 4.21 Å². The van der Waals surface area contributed by atoms with Crippen molar-refractivity contribution in [2.75, 3.05) is 0 Å². The van der Waals surface area contributed by atoms with Crippen molar-refractivity contribution in [3.05, 3.63) is 33.6 Å². The van der Waals surface area contributed by atoms with Crippen LogP contribution in [-0.4, -0.2) is 9.19 Å². The fourth-order valence-electron chi connectivity index (χ4n) is 1.18. The summed E-state index contributed by atoms with van der Waals surface area (Å²) in [6.07, 6.45) is 0.955. The molecule has 1 atom stereocenters. The SMILES string of the molecule is CCc1nc(C[S@@](=O)c2cccs2)cs1. The Morgan fingerprint density at radius 3 is 2.93 bits per heavy atom. The second kappa shape index (κ2) is 5.01. The molecule has 2 aromatic rings. The van der Waals surface area contributed by atoms with Gasteiger partial charge in [0.1, 0.15) is 0 Å². The molecule has 2 rings (SSSR count). The van der Waals surface area contributed by atoms with Gasteiger partial charge in [-0.05, 0) is 17.9 Å². The van der Waals surface area contributed by atoms with Gasteiger partial charge in [0.2, 0.25) is 0 Å². The van der Waals surface area contributed by atoms with Crippen LogP contribution in [0.15, 0.2) is 27.1 Å². The van der Waals surface area contributed by atoms with E-state index >= 15 is 0 Å². The van der Waals surface area contributed by atoms with Gasteiger partial charge in [-0.15, -0.1) is 22.7 Å². The Morgan fingerprint density at radius 2 is 2.33 bits per heavy atom. The third-order valence-corrected chi connectivity index (χ3v) is 5.59. The standard InChI is InChI=1S/C10H11NOS3/c1-2-9-11-8(6-14-9)7-15(12)10-4-3-5-13-10/h3-6H,2,7H2,1H3/t15-/m1/s1. The molecule has 0 saturated carbocycles. The molecule has 5 heteroatoms. The van der Waals surface area contributed by atoms with E-state index in [4.69, 9.17) is 0 Å². The highest BCUT2D eigenvalue weighted by Crippen LogP contribution is 2.18. The Kier molecular flexibility index (Phi) is 3.66. The molecule has 0 fully saturated rings. The van der Waals surface area contributed by atoms with E-state index in [9.17, 15) is 4.21 Å². The third-order valence-electron chi connectivity index (χ3n) is 1.90. The van der Waals surface area contributed by atoms with Crippen LogP contribution in [0.4, 0.5) is 0 Å². The first kappa shape index (κ1) is 11.0. The van der Waals surface area contributed by atoms with Crippen molar-refractivity contribution >= 4 is 33.5 Å². The predicted molar refractivity (Wildman–Crippen MR) is 65.9 cm³/mol. The van der Waals surface area contributed by atoms with E-state index in [0.717, 1.165) is 21.3 Å². The quantitative estimate of drug-likeness (QED) is 0.842. The van der Waals surface area contributed by atoms with Crippen LogP contribution in [0.5, 0.6) is 0 Å². The van der Waals surface area contributed by atoms with Crippen molar-refractivity contribution < 1.29 is 4.21 Å². The largest absolute Gasteiger partial charge is 0.253 e. The van der Waals surface area contributed by atoms with Gasteiger partial charge in [-0.25, -0.2) is 4.98 Å². The van der Waals surface area contributed by atoms with E-state index in [1.807, 2.05) is 22.9 Å². The van der Waals surface area contributed by atoms with E-state index < -0.39 is 10.8 Å². The van der Waals surface area contributed by atoms with Crippen molar-refractivity contribution in [3.8, 4) is 0 Å². The molecule has 0 N–H and O–H groups in total. The second-order valence-electron chi connectivity index (χ2n) is 3.01. The maximum absolute atomic E-state index is 11.9. The zero-order chi connectivity index (χ0) is 10.7. The molecule has 0 spiro atoms. The normalized spacial score (nSPS) is 12.9. The molecule has 0 amide bonds. The molecule has 0 unspecified atom stereocenters. The molecule has 0 aliphatic carbocycles. The van der Waals surface area contributed by atoms with Crippen LogP contribution in [0.25, 0.3) is 0 Å². The topological polar surface area (TPSA) is 30.0 Å². The van der Waals surface area contributed by atoms with Crippen molar-refractivity contribution in [2.24, 2.45) is 0 Å². The summed E-state index contributed by atoms with van der Waals surface area (Å²) in [5, 5.41) is 5.07. The van der Waals surface area contributed by atoms with Crippen molar-refractivity contribution in [1.82, 2.24) is 4.98 Å². The summed E-state index contributed by atoms with van der Waals surface area (Å²) in [7, 11) is -0.929. The minimum absolute atomic E-state index is 0.539. The third kappa shape index (κ3) is 2.74. The zero-order valence-corrected chi connectivity index (χ0v) is 10.8. The minimum atomic E-state index is -0.929. The summed E-state index contributed by atoms with van der Waals surface area (Å²) >= 11 is 3.18. The summed E-state index contributed by atoms with van der Waals surface area (Å²) in [4.78, 5) is 4.41. The number of aromatic nitrogens is 1. The Balaban J connectivity index is 2.06. The number of thiazole rings is 1. The molecule has 0 bridgehead atoms. The fraction of sp³-hybridized carbons (Fsp3) is 0.300. The Bertz CT molecular complexity index is 447. The average molecular weight is 257 g/mol. The van der Waals surface area contributed by atoms with Crippen molar-refractivity contribution in [1.29, 1.82) is 0 Å². The van der Waals surface area contributed by atoms with Crippen LogP contribution >= 0.6 is 22.7 Å². The summed E-state index contributed by atoms with van der Waals surface area (Å²) in [6.45, 7) is 2.08. The van der Waals surface area contributed by atoms with Gasteiger partial charge in [-0.1, -0.05) is 13.0 Å². The van der Waals surface area contributed by atoms with Crippen LogP contribution in [0.3, 0.4) is 0 Å². The molecule has 0 radical (unpaired) electrons. The van der Waals surface area contributed by atoms with E-state index in [1.165, 1.54) is 11.3 Å². The summed E-state index contributed by atoms with van der Waals surface area (Å²) < 4.78 is 12.8. The average Bonchev–Trinajstić information content (AvgIpc) is 2.87. The van der Waals surface area contributed by atoms with Gasteiger partial charge in [-0.2, -0.15) is 0 Å². The molecular formula is C10H11NOS3. The summed E-state index contributed by atoms with van der Waals surface area (Å²) in [5.74, 6) is 0.539. The number of rotatable bonds is 4. The molecule has 80 valence electrons. The smallest absolute Gasteiger partial charge is 0.0925 e. The molecule has 15 heavy (non-hydrogen) atoms. The molecule has 0 aliphatic heterocycles. The lowest BCUT2D eigenvalue weighted by atomic mass is 10.5. The van der Waals surface area contributed by atoms with Gasteiger partial charge in [0.15, 0.2) is 0 Å². The van der Waals surface area contributed by atoms with E-state index in [1.54, 1.807) is 11.3 Å². The highest BCUT2D eigenvalue weighted by atomic mass is 32.2. The number of hydrogen-bond acceptors (Lipinski definition) is 4. The molecule has 2 nitrogen and oxygen atoms in total. The van der Waals surface area contributed by atoms with Crippen LogP contribution in [0, 0.1) is 0 Å². The molecule has 0 saturated heterocycles. The monoisotopic (exact) mass is 257 g/mol. The van der Waals surface area contributed by atoms with Crippen LogP contribution in [0.1, 0.15) is 17.6 Å². The second-order valence-corrected chi connectivity index (χ2v) is 6.58. The maximum atomic E-state index is 11.9. The van der Waals surface area contributed by atoms with Crippen LogP contribution in [0.2, 0.25) is 0 Å². The van der Waals surface area contributed by atoms with Crippen molar-refractivity contribution in [3.63, 3.8) is 0 Å². The summed E-state index contributed by atoms with van der Waals surface area (Å²) in [5.41, 5.74) is 0.948. The minimum Gasteiger partial charge on any atom is -0.253 e. The van der Waals surface area contributed by atoms with E-state index in [0.29, 0.717) is 5.75 Å². The van der Waals surface area contributed by atoms with E-state index in [2.05, 4.69) is 11.9 Å². The molecule has 0 aromatic carbocycles. The first-order chi connectivity index (χ1) is 7.29. The Labute approximate surface area is 99.5 Å². The Morgan fingerprint density at radius 1 is 1.47 bits per heavy atom. The van der Waals surface area contributed by atoms with Gasteiger partial charge in [0.25, 0.3) is 0 Å². The first-order valence-corrected chi connectivity index (χ1v) is 7.72. The molecule has 2 heterocycles. The lowest BCUT2D eigenvalue weighted by molar-refractivity contribution is 0.683. The molecule has 0 aliphatic rings. The molecular weight excluding hydrogens is 246 g/mol. The van der Waals surface area contributed by atoms with Crippen LogP contribution < -0.4 is 0 Å². The number of aryl methyl sites for hydroxylation is 1. The lowest BCUT2D eigenvalue weighted by Gasteiger charge is -1.94. The fourth-order valence-corrected chi connectivity index (χ4v) is 4.04. The lowest BCUT2D eigenvalue weighted by Crippen LogP contribution is -1.94. The number of nitrogens with zero attached hydrogens (tertiary/aromatic N) is 1. The Hall–Kier alpha value is -0.520. The van der Waals surface area contributed by atoms with E-state index in [-0.39, 0.29) is 0 Å². The van der Waals surface area contributed by atoms with Crippen molar-refractivity contribution in [2.45, 2.75) is 23.3 Å². The number of thiophene rings is 1. The maximum Gasteiger partial charge on any atom is 0.0925 e.